The fraction of sp³-hybridized carbons (Fsp3) is 0.143. The summed E-state index contributed by atoms with van der Waals surface area (Å²) in [4.78, 5) is 4.04. The molecule has 0 unspecified atom stereocenters. The molecule has 0 saturated carbocycles. The van der Waals surface area contributed by atoms with Gasteiger partial charge in [-0.2, -0.15) is 0 Å². The zero-order valence-corrected chi connectivity index (χ0v) is 13.8. The monoisotopic (exact) mass is 353 g/mol. The molecule has 0 saturated heterocycles. The number of fused-ring (bicyclic) bond motifs is 1. The average molecular weight is 354 g/mol. The molecule has 2 heterocycles. The van der Waals surface area contributed by atoms with Crippen LogP contribution in [0, 0.1) is 6.92 Å². The molecule has 0 radical (unpaired) electrons. The normalized spacial score (nSPS) is 11.6. The first-order valence-electron chi connectivity index (χ1n) is 6.49. The number of benzene rings is 1. The van der Waals surface area contributed by atoms with Gasteiger partial charge in [0.15, 0.2) is 0 Å². The first-order chi connectivity index (χ1) is 10.9. The number of methoxy groups -OCH3 is 1. The van der Waals surface area contributed by atoms with Crippen molar-refractivity contribution < 1.29 is 17.7 Å². The van der Waals surface area contributed by atoms with Crippen molar-refractivity contribution in [3.63, 3.8) is 0 Å². The van der Waals surface area contributed by atoms with E-state index in [9.17, 15) is 8.42 Å². The topological polar surface area (TPSA) is 94.3 Å². The largest absolute Gasteiger partial charge is 0.495 e. The van der Waals surface area contributed by atoms with Crippen LogP contribution in [0.2, 0.25) is 5.02 Å². The number of nitrogens with one attached hydrogen (secondary N) is 1. The van der Waals surface area contributed by atoms with Crippen LogP contribution >= 0.6 is 11.6 Å². The fourth-order valence-electron chi connectivity index (χ4n) is 2.03. The molecule has 0 amide bonds. The molecule has 7 nitrogen and oxygen atoms in total. The van der Waals surface area contributed by atoms with Crippen molar-refractivity contribution in [2.45, 2.75) is 11.8 Å². The summed E-state index contributed by atoms with van der Waals surface area (Å²) in [7, 11) is -2.35. The number of rotatable bonds is 4. The Balaban J connectivity index is 1.96. The third kappa shape index (κ3) is 2.95. The lowest BCUT2D eigenvalue weighted by Gasteiger charge is -2.09. The minimum atomic E-state index is -3.81. The van der Waals surface area contributed by atoms with Crippen LogP contribution in [0.5, 0.6) is 5.75 Å². The summed E-state index contributed by atoms with van der Waals surface area (Å²) in [5, 5.41) is 4.62. The van der Waals surface area contributed by atoms with Crippen LogP contribution in [-0.2, 0) is 10.0 Å². The zero-order valence-electron chi connectivity index (χ0n) is 12.2. The molecule has 9 heteroatoms. The number of hydrogen-bond acceptors (Lipinski definition) is 6. The maximum Gasteiger partial charge on any atom is 0.261 e. The molecule has 1 N–H and O–H groups in total. The molecular formula is C14H12ClN3O4S. The third-order valence-electron chi connectivity index (χ3n) is 3.20. The van der Waals surface area contributed by atoms with Crippen LogP contribution in [0.1, 0.15) is 5.69 Å². The number of halogens is 1. The zero-order chi connectivity index (χ0) is 16.6. The number of ether oxygens (including phenoxy) is 1. The molecule has 0 bridgehead atoms. The van der Waals surface area contributed by atoms with Gasteiger partial charge in [-0.3, -0.25) is 4.72 Å². The quantitative estimate of drug-likeness (QED) is 0.774. The molecular weight excluding hydrogens is 342 g/mol. The Morgan fingerprint density at radius 3 is 2.78 bits per heavy atom. The van der Waals surface area contributed by atoms with E-state index in [0.717, 1.165) is 0 Å². The lowest BCUT2D eigenvalue weighted by molar-refractivity contribution is 0.414. The van der Waals surface area contributed by atoms with Gasteiger partial charge in [0.25, 0.3) is 15.7 Å². The first kappa shape index (κ1) is 15.6. The maximum absolute atomic E-state index is 12.4. The van der Waals surface area contributed by atoms with Crippen molar-refractivity contribution >= 4 is 38.4 Å². The van der Waals surface area contributed by atoms with Gasteiger partial charge >= 0.3 is 0 Å². The molecule has 0 fully saturated rings. The van der Waals surface area contributed by atoms with Gasteiger partial charge in [-0.15, -0.1) is 0 Å². The second-order valence-corrected chi connectivity index (χ2v) is 6.84. The Labute approximate surface area is 137 Å². The minimum absolute atomic E-state index is 0.0189. The van der Waals surface area contributed by atoms with E-state index < -0.39 is 10.0 Å². The summed E-state index contributed by atoms with van der Waals surface area (Å²) in [6, 6.07) is 5.82. The summed E-state index contributed by atoms with van der Waals surface area (Å²) in [6.45, 7) is 1.75. The van der Waals surface area contributed by atoms with E-state index in [2.05, 4.69) is 14.9 Å². The van der Waals surface area contributed by atoms with Gasteiger partial charge in [0, 0.05) is 0 Å². The van der Waals surface area contributed by atoms with Gasteiger partial charge in [0.05, 0.1) is 40.0 Å². The first-order valence-corrected chi connectivity index (χ1v) is 8.35. The Morgan fingerprint density at radius 2 is 2.09 bits per heavy atom. The van der Waals surface area contributed by atoms with E-state index in [4.69, 9.17) is 20.9 Å². The number of aromatic nitrogens is 2. The lowest BCUT2D eigenvalue weighted by atomic mass is 10.3. The second-order valence-electron chi connectivity index (χ2n) is 4.75. The van der Waals surface area contributed by atoms with Gasteiger partial charge in [0.2, 0.25) is 0 Å². The van der Waals surface area contributed by atoms with Crippen molar-refractivity contribution in [3.05, 3.63) is 41.2 Å². The molecule has 0 aliphatic heterocycles. The Kier molecular flexibility index (Phi) is 3.87. The van der Waals surface area contributed by atoms with E-state index >= 15 is 0 Å². The Hall–Kier alpha value is -2.32. The predicted octanol–water partition coefficient (Wildman–Crippen LogP) is 2.99. The summed E-state index contributed by atoms with van der Waals surface area (Å²) in [5.41, 5.74) is 1.27. The standard InChI is InChI=1S/C14H12ClN3O4S/c1-8-11-5-9(7-16-14(11)22-17-8)18-23(19,20)10-3-4-13(21-2)12(15)6-10/h3-7,18H,1-2H3. The average Bonchev–Trinajstić information content (AvgIpc) is 2.88. The number of anilines is 1. The van der Waals surface area contributed by atoms with Crippen LogP contribution in [0.25, 0.3) is 11.1 Å². The molecule has 0 atom stereocenters. The molecule has 0 aliphatic carbocycles. The van der Waals surface area contributed by atoms with Crippen molar-refractivity contribution in [1.29, 1.82) is 0 Å². The molecule has 1 aromatic carbocycles. The summed E-state index contributed by atoms with van der Waals surface area (Å²) < 4.78 is 37.3. The highest BCUT2D eigenvalue weighted by Gasteiger charge is 2.17. The lowest BCUT2D eigenvalue weighted by Crippen LogP contribution is -2.13. The third-order valence-corrected chi connectivity index (χ3v) is 4.87. The van der Waals surface area contributed by atoms with E-state index in [-0.39, 0.29) is 9.92 Å². The van der Waals surface area contributed by atoms with E-state index in [1.165, 1.54) is 31.5 Å². The predicted molar refractivity (Wildman–Crippen MR) is 85.4 cm³/mol. The number of hydrogen-bond donors (Lipinski definition) is 1. The van der Waals surface area contributed by atoms with Gasteiger partial charge in [-0.25, -0.2) is 13.4 Å². The molecule has 23 heavy (non-hydrogen) atoms. The molecule has 0 spiro atoms. The number of nitrogens with zero attached hydrogens (tertiary/aromatic N) is 2. The van der Waals surface area contributed by atoms with Crippen molar-refractivity contribution in [1.82, 2.24) is 10.1 Å². The van der Waals surface area contributed by atoms with Crippen molar-refractivity contribution in [2.24, 2.45) is 0 Å². The van der Waals surface area contributed by atoms with Gasteiger partial charge in [-0.1, -0.05) is 16.8 Å². The van der Waals surface area contributed by atoms with Crippen LogP contribution in [0.4, 0.5) is 5.69 Å². The van der Waals surface area contributed by atoms with Crippen LogP contribution in [0.15, 0.2) is 39.9 Å². The van der Waals surface area contributed by atoms with Crippen molar-refractivity contribution in [2.75, 3.05) is 11.8 Å². The van der Waals surface area contributed by atoms with Gasteiger partial charge in [0.1, 0.15) is 5.75 Å². The molecule has 2 aromatic heterocycles. The highest BCUT2D eigenvalue weighted by molar-refractivity contribution is 7.92. The Morgan fingerprint density at radius 1 is 1.30 bits per heavy atom. The van der Waals surface area contributed by atoms with Gasteiger partial charge in [-0.05, 0) is 31.2 Å². The number of sulfonamides is 1. The molecule has 0 aliphatic rings. The smallest absolute Gasteiger partial charge is 0.261 e. The number of aryl methyl sites for hydroxylation is 1. The van der Waals surface area contributed by atoms with E-state index in [0.29, 0.717) is 28.2 Å². The summed E-state index contributed by atoms with van der Waals surface area (Å²) in [5.74, 6) is 0.397. The SMILES string of the molecule is COc1ccc(S(=O)(=O)Nc2cnc3onc(C)c3c2)cc1Cl. The Bertz CT molecular complexity index is 985. The summed E-state index contributed by atoms with van der Waals surface area (Å²) >= 11 is 5.97. The van der Waals surface area contributed by atoms with E-state index in [1.54, 1.807) is 13.0 Å². The van der Waals surface area contributed by atoms with Crippen LogP contribution < -0.4 is 9.46 Å². The van der Waals surface area contributed by atoms with Crippen molar-refractivity contribution in [3.8, 4) is 5.75 Å². The second kappa shape index (κ2) is 5.71. The van der Waals surface area contributed by atoms with Crippen LogP contribution in [0.3, 0.4) is 0 Å². The molecule has 3 rings (SSSR count). The molecule has 120 valence electrons. The minimum Gasteiger partial charge on any atom is -0.495 e. The van der Waals surface area contributed by atoms with E-state index in [1.807, 2.05) is 0 Å². The van der Waals surface area contributed by atoms with Gasteiger partial charge < -0.3 is 9.26 Å². The number of pyridine rings is 1. The fourth-order valence-corrected chi connectivity index (χ4v) is 3.41. The maximum atomic E-state index is 12.4. The summed E-state index contributed by atoms with van der Waals surface area (Å²) in [6.07, 6.45) is 1.36. The molecule has 3 aromatic rings. The van der Waals surface area contributed by atoms with Crippen LogP contribution in [-0.4, -0.2) is 25.7 Å². The highest BCUT2D eigenvalue weighted by atomic mass is 35.5. The highest BCUT2D eigenvalue weighted by Crippen LogP contribution is 2.28.